The van der Waals surface area contributed by atoms with Crippen LogP contribution in [0.3, 0.4) is 0 Å². The lowest BCUT2D eigenvalue weighted by atomic mass is 9.94. The first-order valence-corrected chi connectivity index (χ1v) is 9.63. The molecule has 6 heteroatoms. The van der Waals surface area contributed by atoms with E-state index in [1.165, 1.54) is 15.4 Å². The Bertz CT molecular complexity index is 577. The van der Waals surface area contributed by atoms with Crippen LogP contribution in [0.15, 0.2) is 12.1 Å². The van der Waals surface area contributed by atoms with E-state index in [1.54, 1.807) is 11.3 Å². The molecule has 1 fully saturated rings. The summed E-state index contributed by atoms with van der Waals surface area (Å²) < 4.78 is 24.6. The zero-order valence-electron chi connectivity index (χ0n) is 12.0. The van der Waals surface area contributed by atoms with E-state index in [4.69, 9.17) is 0 Å². The van der Waals surface area contributed by atoms with Gasteiger partial charge in [0.1, 0.15) is 0 Å². The van der Waals surface area contributed by atoms with Crippen LogP contribution < -0.4 is 0 Å². The number of thiophene rings is 1. The molecule has 4 nitrogen and oxygen atoms in total. The number of Topliss-reactive ketones (excluding diaryl/α,β-unsaturated/α-hetero) is 1. The molecule has 112 valence electrons. The molecule has 0 aliphatic carbocycles. The number of hydrogen-bond acceptors (Lipinski definition) is 4. The van der Waals surface area contributed by atoms with Crippen molar-refractivity contribution in [3.05, 3.63) is 21.9 Å². The largest absolute Gasteiger partial charge is 0.293 e. The highest BCUT2D eigenvalue weighted by atomic mass is 32.2. The Hall–Kier alpha value is -0.720. The maximum absolute atomic E-state index is 12.2. The summed E-state index contributed by atoms with van der Waals surface area (Å²) in [4.78, 5) is 14.3. The maximum Gasteiger partial charge on any atom is 0.211 e. The van der Waals surface area contributed by atoms with Gasteiger partial charge in [-0.05, 0) is 37.3 Å². The van der Waals surface area contributed by atoms with Crippen LogP contribution in [-0.4, -0.2) is 37.9 Å². The van der Waals surface area contributed by atoms with Crippen molar-refractivity contribution in [2.75, 3.05) is 19.3 Å². The minimum absolute atomic E-state index is 0.148. The van der Waals surface area contributed by atoms with E-state index in [0.717, 1.165) is 24.1 Å². The molecule has 1 aliphatic rings. The molecule has 0 spiro atoms. The van der Waals surface area contributed by atoms with Crippen LogP contribution in [0.4, 0.5) is 0 Å². The summed E-state index contributed by atoms with van der Waals surface area (Å²) >= 11 is 1.55. The highest BCUT2D eigenvalue weighted by Crippen LogP contribution is 2.25. The molecular weight excluding hydrogens is 294 g/mol. The van der Waals surface area contributed by atoms with Gasteiger partial charge in [-0.2, -0.15) is 0 Å². The molecule has 0 aromatic carbocycles. The molecule has 0 amide bonds. The standard InChI is InChI=1S/C14H21NO3S2/c1-3-12-6-7-14(19-12)13(16)9-11-5-4-8-15(10-11)20(2,17)18/h6-7,11H,3-5,8-10H2,1-2H3. The summed E-state index contributed by atoms with van der Waals surface area (Å²) in [7, 11) is -3.13. The highest BCUT2D eigenvalue weighted by Gasteiger charge is 2.27. The second-order valence-electron chi connectivity index (χ2n) is 5.38. The van der Waals surface area contributed by atoms with Gasteiger partial charge in [-0.3, -0.25) is 4.79 Å². The summed E-state index contributed by atoms with van der Waals surface area (Å²) in [6, 6.07) is 3.89. The van der Waals surface area contributed by atoms with Gasteiger partial charge in [0.2, 0.25) is 10.0 Å². The number of carbonyl (C=O) groups excluding carboxylic acids is 1. The van der Waals surface area contributed by atoms with Gasteiger partial charge >= 0.3 is 0 Å². The molecule has 0 bridgehead atoms. The van der Waals surface area contributed by atoms with Gasteiger partial charge in [-0.25, -0.2) is 12.7 Å². The highest BCUT2D eigenvalue weighted by molar-refractivity contribution is 7.88. The van der Waals surface area contributed by atoms with E-state index >= 15 is 0 Å². The molecule has 0 N–H and O–H groups in total. The van der Waals surface area contributed by atoms with Gasteiger partial charge in [0.25, 0.3) is 0 Å². The monoisotopic (exact) mass is 315 g/mol. The van der Waals surface area contributed by atoms with Gasteiger partial charge in [0.15, 0.2) is 5.78 Å². The number of piperidine rings is 1. The Morgan fingerprint density at radius 3 is 2.80 bits per heavy atom. The second kappa shape index (κ2) is 6.37. The third-order valence-electron chi connectivity index (χ3n) is 3.71. The van der Waals surface area contributed by atoms with Crippen molar-refractivity contribution >= 4 is 27.1 Å². The average molecular weight is 315 g/mol. The quantitative estimate of drug-likeness (QED) is 0.785. The predicted octanol–water partition coefficient (Wildman–Crippen LogP) is 2.55. The molecule has 2 rings (SSSR count). The van der Waals surface area contributed by atoms with Crippen LogP contribution in [-0.2, 0) is 16.4 Å². The van der Waals surface area contributed by atoms with E-state index in [0.29, 0.717) is 19.5 Å². The molecule has 1 saturated heterocycles. The van der Waals surface area contributed by atoms with Crippen LogP contribution in [0.25, 0.3) is 0 Å². The summed E-state index contributed by atoms with van der Waals surface area (Å²) in [6.45, 7) is 3.14. The van der Waals surface area contributed by atoms with Gasteiger partial charge in [-0.15, -0.1) is 11.3 Å². The lowest BCUT2D eigenvalue weighted by molar-refractivity contribution is 0.0946. The Labute approximate surface area is 124 Å². The molecule has 0 saturated carbocycles. The third-order valence-corrected chi connectivity index (χ3v) is 6.25. The summed E-state index contributed by atoms with van der Waals surface area (Å²) in [6.07, 6.45) is 4.42. The van der Waals surface area contributed by atoms with Crippen LogP contribution >= 0.6 is 11.3 Å². The number of nitrogens with zero attached hydrogens (tertiary/aromatic N) is 1. The van der Waals surface area contributed by atoms with E-state index in [9.17, 15) is 13.2 Å². The van der Waals surface area contributed by atoms with Crippen molar-refractivity contribution in [2.45, 2.75) is 32.6 Å². The number of rotatable bonds is 5. The minimum Gasteiger partial charge on any atom is -0.293 e. The molecule has 1 aromatic rings. The first kappa shape index (κ1) is 15.7. The van der Waals surface area contributed by atoms with Crippen molar-refractivity contribution in [2.24, 2.45) is 5.92 Å². The van der Waals surface area contributed by atoms with Gasteiger partial charge < -0.3 is 0 Å². The number of hydrogen-bond donors (Lipinski definition) is 0. The van der Waals surface area contributed by atoms with Crippen LogP contribution in [0.1, 0.15) is 40.7 Å². The van der Waals surface area contributed by atoms with Crippen molar-refractivity contribution in [3.63, 3.8) is 0 Å². The minimum atomic E-state index is -3.13. The number of ketones is 1. The summed E-state index contributed by atoms with van der Waals surface area (Å²) in [5, 5.41) is 0. The van der Waals surface area contributed by atoms with Crippen molar-refractivity contribution in [1.29, 1.82) is 0 Å². The topological polar surface area (TPSA) is 54.5 Å². The van der Waals surface area contributed by atoms with Crippen LogP contribution in [0.2, 0.25) is 0 Å². The number of carbonyl (C=O) groups is 1. The lowest BCUT2D eigenvalue weighted by Crippen LogP contribution is -2.39. The van der Waals surface area contributed by atoms with Crippen molar-refractivity contribution < 1.29 is 13.2 Å². The summed E-state index contributed by atoms with van der Waals surface area (Å²) in [5.41, 5.74) is 0. The van der Waals surface area contributed by atoms with Crippen molar-refractivity contribution in [3.8, 4) is 0 Å². The fraction of sp³-hybridized carbons (Fsp3) is 0.643. The van der Waals surface area contributed by atoms with E-state index in [2.05, 4.69) is 6.92 Å². The third kappa shape index (κ3) is 3.90. The molecule has 1 aromatic heterocycles. The Kier molecular flexibility index (Phi) is 4.99. The normalized spacial score (nSPS) is 21.0. The molecule has 1 unspecified atom stereocenters. The Balaban J connectivity index is 1.97. The van der Waals surface area contributed by atoms with Gasteiger partial charge in [-0.1, -0.05) is 6.92 Å². The van der Waals surface area contributed by atoms with Crippen molar-refractivity contribution in [1.82, 2.24) is 4.31 Å². The van der Waals surface area contributed by atoms with E-state index in [1.807, 2.05) is 12.1 Å². The molecule has 20 heavy (non-hydrogen) atoms. The smallest absolute Gasteiger partial charge is 0.211 e. The molecule has 1 atom stereocenters. The lowest BCUT2D eigenvalue weighted by Gasteiger charge is -2.30. The Morgan fingerprint density at radius 1 is 1.45 bits per heavy atom. The maximum atomic E-state index is 12.2. The van der Waals surface area contributed by atoms with E-state index < -0.39 is 10.0 Å². The fourth-order valence-electron chi connectivity index (χ4n) is 2.58. The fourth-order valence-corrected chi connectivity index (χ4v) is 4.41. The van der Waals surface area contributed by atoms with Gasteiger partial charge in [0.05, 0.1) is 11.1 Å². The van der Waals surface area contributed by atoms with E-state index in [-0.39, 0.29) is 11.7 Å². The first-order valence-electron chi connectivity index (χ1n) is 6.97. The molecule has 1 aliphatic heterocycles. The molecular formula is C14H21NO3S2. The SMILES string of the molecule is CCc1ccc(C(=O)CC2CCCN(S(C)(=O)=O)C2)s1. The number of sulfonamides is 1. The predicted molar refractivity (Wildman–Crippen MR) is 81.8 cm³/mol. The molecule has 0 radical (unpaired) electrons. The molecule has 2 heterocycles. The summed E-state index contributed by atoms with van der Waals surface area (Å²) in [5.74, 6) is 0.299. The average Bonchev–Trinajstić information content (AvgIpc) is 2.87. The Morgan fingerprint density at radius 2 is 2.20 bits per heavy atom. The zero-order chi connectivity index (χ0) is 14.8. The van der Waals surface area contributed by atoms with Crippen LogP contribution in [0.5, 0.6) is 0 Å². The first-order chi connectivity index (χ1) is 9.40. The second-order valence-corrected chi connectivity index (χ2v) is 8.53. The zero-order valence-corrected chi connectivity index (χ0v) is 13.6. The number of aryl methyl sites for hydroxylation is 1. The van der Waals surface area contributed by atoms with Crippen LogP contribution in [0, 0.1) is 5.92 Å². The van der Waals surface area contributed by atoms with Gasteiger partial charge in [0, 0.05) is 24.4 Å².